The highest BCUT2D eigenvalue weighted by Gasteiger charge is 2.54. The van der Waals surface area contributed by atoms with Gasteiger partial charge in [-0.15, -0.1) is 28.2 Å². The summed E-state index contributed by atoms with van der Waals surface area (Å²) in [6, 6.07) is 2.83. The largest absolute Gasteiger partial charge is 0.477 e. The molecule has 0 bridgehead atoms. The summed E-state index contributed by atoms with van der Waals surface area (Å²) in [5.41, 5.74) is 0.334. The maximum Gasteiger partial charge on any atom is 0.352 e. The van der Waals surface area contributed by atoms with E-state index in [9.17, 15) is 27.9 Å². The number of carbonyl (C=O) groups is 3. The summed E-state index contributed by atoms with van der Waals surface area (Å²) in [4.78, 5) is 39.7. The minimum Gasteiger partial charge on any atom is -0.477 e. The van der Waals surface area contributed by atoms with Crippen molar-refractivity contribution in [1.29, 1.82) is 0 Å². The molecule has 17 heteroatoms. The van der Waals surface area contributed by atoms with E-state index < -0.39 is 44.4 Å². The molecule has 13 nitrogen and oxygen atoms in total. The molecule has 2 aromatic heterocycles. The molecule has 0 spiro atoms. The number of aromatic nitrogens is 4. The fourth-order valence-corrected chi connectivity index (χ4v) is 7.81. The fourth-order valence-electron chi connectivity index (χ4n) is 3.94. The average molecular weight is 575 g/mol. The smallest absolute Gasteiger partial charge is 0.352 e. The van der Waals surface area contributed by atoms with Gasteiger partial charge in [-0.25, -0.2) is 9.89 Å². The number of carbonyl (C=O) groups excluding carboxylic acids is 2. The first-order valence-electron chi connectivity index (χ1n) is 10.7. The highest BCUT2D eigenvalue weighted by molar-refractivity contribution is 8.01. The second-order valence-corrected chi connectivity index (χ2v) is 12.9. The maximum atomic E-state index is 13.0. The number of β-lactam (4-membered cyclic amide) rings is 1. The summed E-state index contributed by atoms with van der Waals surface area (Å²) in [5.74, 6) is -2.21. The quantitative estimate of drug-likeness (QED) is 0.120. The van der Waals surface area contributed by atoms with Crippen LogP contribution in [0.5, 0.6) is 0 Å². The lowest BCUT2D eigenvalue weighted by Crippen LogP contribution is -2.70. The van der Waals surface area contributed by atoms with Crippen molar-refractivity contribution in [3.05, 3.63) is 33.7 Å². The highest BCUT2D eigenvalue weighted by Crippen LogP contribution is 2.44. The van der Waals surface area contributed by atoms with Crippen LogP contribution in [0.2, 0.25) is 0 Å². The Kier molecular flexibility index (Phi) is 8.34. The van der Waals surface area contributed by atoms with Crippen LogP contribution in [0.25, 0.3) is 0 Å². The van der Waals surface area contributed by atoms with Crippen LogP contribution in [0.3, 0.4) is 0 Å². The first-order chi connectivity index (χ1) is 17.1. The molecule has 36 heavy (non-hydrogen) atoms. The molecule has 0 aromatic carbocycles. The predicted octanol–water partition coefficient (Wildman–Crippen LogP) is 0.761. The molecule has 2 aromatic rings. The van der Waals surface area contributed by atoms with E-state index >= 15 is 0 Å². The van der Waals surface area contributed by atoms with Gasteiger partial charge in [0, 0.05) is 15.9 Å². The number of aromatic amines is 1. The van der Waals surface area contributed by atoms with Crippen molar-refractivity contribution in [1.82, 2.24) is 30.8 Å². The number of rotatable bonds is 12. The van der Waals surface area contributed by atoms with E-state index in [-0.39, 0.29) is 30.2 Å². The van der Waals surface area contributed by atoms with Gasteiger partial charge in [-0.1, -0.05) is 24.2 Å². The van der Waals surface area contributed by atoms with Crippen LogP contribution >= 0.6 is 34.9 Å². The summed E-state index contributed by atoms with van der Waals surface area (Å²) in [6.07, 6.45) is 1.05. The molecule has 0 radical (unpaired) electrons. The number of carboxylic acid groups (broad SMARTS) is 1. The third-order valence-electron chi connectivity index (χ3n) is 5.52. The van der Waals surface area contributed by atoms with Crippen molar-refractivity contribution in [2.75, 3.05) is 11.5 Å². The normalized spacial score (nSPS) is 20.6. The lowest BCUT2D eigenvalue weighted by atomic mass is 9.99. The van der Waals surface area contributed by atoms with Crippen molar-refractivity contribution < 1.29 is 32.5 Å². The Bertz CT molecular complexity index is 1250. The lowest BCUT2D eigenvalue weighted by molar-refractivity contribution is -0.150. The molecule has 1 fully saturated rings. The number of thiophene rings is 1. The van der Waals surface area contributed by atoms with Gasteiger partial charge in [-0.2, -0.15) is 8.42 Å². The molecule has 2 aliphatic rings. The number of fused-ring (bicyclic) bond motifs is 1. The minimum atomic E-state index is -4.11. The molecule has 0 saturated carbocycles. The first kappa shape index (κ1) is 26.6. The van der Waals surface area contributed by atoms with Crippen LogP contribution in [-0.2, 0) is 30.9 Å². The second kappa shape index (κ2) is 11.3. The Labute approximate surface area is 218 Å². The zero-order chi connectivity index (χ0) is 25.9. The molecular weight excluding hydrogens is 553 g/mol. The van der Waals surface area contributed by atoms with Gasteiger partial charge in [0.05, 0.1) is 12.2 Å². The molecule has 3 atom stereocenters. The molecule has 2 aliphatic heterocycles. The van der Waals surface area contributed by atoms with Crippen LogP contribution in [0.15, 0.2) is 33.9 Å². The van der Waals surface area contributed by atoms with E-state index in [1.165, 1.54) is 39.8 Å². The Hall–Kier alpha value is -2.47. The van der Waals surface area contributed by atoms with Gasteiger partial charge in [0.15, 0.2) is 0 Å². The summed E-state index contributed by atoms with van der Waals surface area (Å²) in [6.45, 7) is 0. The van der Waals surface area contributed by atoms with Crippen LogP contribution < -0.4 is 5.32 Å². The van der Waals surface area contributed by atoms with Gasteiger partial charge < -0.3 is 10.4 Å². The molecule has 2 amide bonds. The molecule has 2 unspecified atom stereocenters. The molecule has 4 N–H and O–H groups in total. The average Bonchev–Trinajstić information content (AvgIpc) is 3.52. The number of hydrogen-bond acceptors (Lipinski definition) is 11. The number of thioether (sulfide) groups is 2. The van der Waals surface area contributed by atoms with Crippen LogP contribution in [0, 0.1) is 0 Å². The van der Waals surface area contributed by atoms with E-state index in [2.05, 4.69) is 25.9 Å². The molecule has 194 valence electrons. The standard InChI is InChI=1S/C19H22N6O7S4/c26-13(8-10-4-3-6-33-10)20-14-16(27)25-15(18(28)29)11(9-34-17(14)25)12(35-19-21-23-24-22-19)5-1-2-7-36(30,31)32/h3-4,6,12,14,17H,1-2,5,7-9H2,(H,20,26)(H,28,29)(H,30,31,32)(H,21,22,23,24)/t12?,14?,17-/m0/s1. The van der Waals surface area contributed by atoms with E-state index in [4.69, 9.17) is 4.55 Å². The Morgan fingerprint density at radius 1 is 1.36 bits per heavy atom. The third-order valence-corrected chi connectivity index (χ3v) is 9.70. The molecular formula is C19H22N6O7S4. The number of amides is 2. The molecule has 4 rings (SSSR count). The van der Waals surface area contributed by atoms with Crippen LogP contribution in [0.1, 0.15) is 24.1 Å². The topological polar surface area (TPSA) is 196 Å². The second-order valence-electron chi connectivity index (χ2n) is 7.98. The SMILES string of the molecule is O=C(Cc1cccs1)NC1C(=O)N2C(C(=O)O)=C(C(CCCCS(=O)(=O)O)Sc3nnn[nH]3)CS[C@@H]12. The van der Waals surface area contributed by atoms with Gasteiger partial charge in [0.25, 0.3) is 16.0 Å². The molecule has 0 aliphatic carbocycles. The van der Waals surface area contributed by atoms with Gasteiger partial charge in [-0.05, 0) is 40.3 Å². The Morgan fingerprint density at radius 2 is 2.17 bits per heavy atom. The number of H-pyrrole nitrogens is 1. The number of aliphatic carboxylic acids is 1. The number of nitrogens with one attached hydrogen (secondary N) is 2. The zero-order valence-corrected chi connectivity index (χ0v) is 21.8. The number of unbranched alkanes of at least 4 members (excludes halogenated alkanes) is 1. The Balaban J connectivity index is 1.51. The summed E-state index contributed by atoms with van der Waals surface area (Å²) >= 11 is 3.96. The van der Waals surface area contributed by atoms with Crippen molar-refractivity contribution >= 4 is 62.8 Å². The number of carboxylic acids is 1. The van der Waals surface area contributed by atoms with Gasteiger partial charge in [0.1, 0.15) is 17.1 Å². The first-order valence-corrected chi connectivity index (χ1v) is 15.1. The van der Waals surface area contributed by atoms with Crippen molar-refractivity contribution in [3.8, 4) is 0 Å². The van der Waals surface area contributed by atoms with E-state index in [1.54, 1.807) is 0 Å². The van der Waals surface area contributed by atoms with Crippen molar-refractivity contribution in [2.24, 2.45) is 0 Å². The third kappa shape index (κ3) is 6.26. The van der Waals surface area contributed by atoms with Crippen molar-refractivity contribution in [2.45, 2.75) is 47.5 Å². The van der Waals surface area contributed by atoms with Gasteiger partial charge >= 0.3 is 5.97 Å². The van der Waals surface area contributed by atoms with E-state index in [0.717, 1.165) is 4.88 Å². The number of hydrogen-bond donors (Lipinski definition) is 4. The number of tetrazole rings is 1. The molecule has 4 heterocycles. The monoisotopic (exact) mass is 574 g/mol. The van der Waals surface area contributed by atoms with Crippen LogP contribution in [0.4, 0.5) is 0 Å². The lowest BCUT2D eigenvalue weighted by Gasteiger charge is -2.50. The van der Waals surface area contributed by atoms with Gasteiger partial charge in [-0.3, -0.25) is 19.0 Å². The van der Waals surface area contributed by atoms with Crippen LogP contribution in [-0.4, -0.2) is 89.6 Å². The number of nitrogens with zero attached hydrogens (tertiary/aromatic N) is 4. The van der Waals surface area contributed by atoms with Crippen molar-refractivity contribution in [3.63, 3.8) is 0 Å². The maximum absolute atomic E-state index is 13.0. The van der Waals surface area contributed by atoms with E-state index in [0.29, 0.717) is 23.6 Å². The van der Waals surface area contributed by atoms with E-state index in [1.807, 2.05) is 17.5 Å². The minimum absolute atomic E-state index is 0.138. The summed E-state index contributed by atoms with van der Waals surface area (Å²) in [7, 11) is -4.11. The fraction of sp³-hybridized carbons (Fsp3) is 0.474. The zero-order valence-electron chi connectivity index (χ0n) is 18.6. The van der Waals surface area contributed by atoms with Gasteiger partial charge in [0.2, 0.25) is 11.1 Å². The highest BCUT2D eigenvalue weighted by atomic mass is 32.2. The summed E-state index contributed by atoms with van der Waals surface area (Å²) < 4.78 is 31.1. The Morgan fingerprint density at radius 3 is 2.81 bits per heavy atom. The summed E-state index contributed by atoms with van der Waals surface area (Å²) in [5, 5.41) is 27.4. The predicted molar refractivity (Wildman–Crippen MR) is 132 cm³/mol. The molecule has 1 saturated heterocycles.